The van der Waals surface area contributed by atoms with E-state index in [1.807, 2.05) is 0 Å². The summed E-state index contributed by atoms with van der Waals surface area (Å²) in [7, 11) is 0. The highest BCUT2D eigenvalue weighted by atomic mass is 16.5. The molecule has 0 aliphatic carbocycles. The minimum absolute atomic E-state index is 0.151. The van der Waals surface area contributed by atoms with Crippen LogP contribution >= 0.6 is 0 Å². The molecule has 0 radical (unpaired) electrons. The van der Waals surface area contributed by atoms with Crippen LogP contribution in [0.5, 0.6) is 0 Å². The fraction of sp³-hybridized carbons (Fsp3) is 0.588. The summed E-state index contributed by atoms with van der Waals surface area (Å²) in [6.07, 6.45) is 1.66. The van der Waals surface area contributed by atoms with Crippen molar-refractivity contribution in [1.29, 1.82) is 0 Å². The average molecular weight is 303 g/mol. The molecule has 0 spiro atoms. The van der Waals surface area contributed by atoms with Crippen molar-refractivity contribution in [2.45, 2.75) is 12.8 Å². The Morgan fingerprint density at radius 2 is 1.95 bits per heavy atom. The molecule has 3 rings (SSSR count). The van der Waals surface area contributed by atoms with Crippen molar-refractivity contribution in [2.75, 3.05) is 57.4 Å². The van der Waals surface area contributed by atoms with Gasteiger partial charge in [0.2, 0.25) is 5.91 Å². The summed E-state index contributed by atoms with van der Waals surface area (Å²) in [6.45, 7) is 7.05. The number of carbonyl (C=O) groups excluding carboxylic acids is 1. The Morgan fingerprint density at radius 1 is 1.14 bits per heavy atom. The molecule has 0 saturated carbocycles. The number of hydrogen-bond donors (Lipinski definition) is 1. The molecule has 5 nitrogen and oxygen atoms in total. The molecule has 0 bridgehead atoms. The van der Waals surface area contributed by atoms with Gasteiger partial charge in [0, 0.05) is 51.4 Å². The van der Waals surface area contributed by atoms with Crippen molar-refractivity contribution >= 4 is 11.6 Å². The van der Waals surface area contributed by atoms with Crippen LogP contribution in [0.25, 0.3) is 0 Å². The molecular formula is C17H25N3O2. The van der Waals surface area contributed by atoms with Crippen LogP contribution in [0, 0.1) is 0 Å². The Morgan fingerprint density at radius 3 is 2.82 bits per heavy atom. The maximum absolute atomic E-state index is 12.0. The van der Waals surface area contributed by atoms with Gasteiger partial charge in [-0.3, -0.25) is 9.69 Å². The third kappa shape index (κ3) is 3.99. The van der Waals surface area contributed by atoms with Crippen molar-refractivity contribution in [3.63, 3.8) is 0 Å². The molecule has 1 fully saturated rings. The van der Waals surface area contributed by atoms with E-state index in [9.17, 15) is 4.79 Å². The summed E-state index contributed by atoms with van der Waals surface area (Å²) in [5, 5.41) is 3.03. The van der Waals surface area contributed by atoms with Crippen LogP contribution in [0.1, 0.15) is 12.0 Å². The van der Waals surface area contributed by atoms with Crippen LogP contribution in [0.3, 0.4) is 0 Å². The zero-order valence-electron chi connectivity index (χ0n) is 13.1. The smallest absolute Gasteiger partial charge is 0.221 e. The second-order valence-corrected chi connectivity index (χ2v) is 5.92. The second-order valence-electron chi connectivity index (χ2n) is 5.92. The molecule has 2 heterocycles. The first-order valence-corrected chi connectivity index (χ1v) is 8.22. The fourth-order valence-corrected chi connectivity index (χ4v) is 3.14. The first kappa shape index (κ1) is 15.3. The average Bonchev–Trinajstić information content (AvgIpc) is 2.97. The lowest BCUT2D eigenvalue weighted by molar-refractivity contribution is -0.121. The SMILES string of the molecule is O=C(CCN1CCc2ccccc21)NCCN1CCOCC1. The number of hydrogen-bond acceptors (Lipinski definition) is 4. The topological polar surface area (TPSA) is 44.8 Å². The van der Waals surface area contributed by atoms with Gasteiger partial charge in [0.25, 0.3) is 0 Å². The fourth-order valence-electron chi connectivity index (χ4n) is 3.14. The van der Waals surface area contributed by atoms with Crippen molar-refractivity contribution in [1.82, 2.24) is 10.2 Å². The Balaban J connectivity index is 1.34. The van der Waals surface area contributed by atoms with Gasteiger partial charge >= 0.3 is 0 Å². The second kappa shape index (κ2) is 7.61. The van der Waals surface area contributed by atoms with Gasteiger partial charge in [-0.05, 0) is 18.1 Å². The Kier molecular flexibility index (Phi) is 5.29. The first-order valence-electron chi connectivity index (χ1n) is 8.22. The third-order valence-electron chi connectivity index (χ3n) is 4.45. The van der Waals surface area contributed by atoms with Crippen LogP contribution in [0.4, 0.5) is 5.69 Å². The number of anilines is 1. The van der Waals surface area contributed by atoms with E-state index in [4.69, 9.17) is 4.74 Å². The number of rotatable bonds is 6. The number of carbonyl (C=O) groups is 1. The number of para-hydroxylation sites is 1. The van der Waals surface area contributed by atoms with Crippen LogP contribution in [-0.4, -0.2) is 63.3 Å². The first-order chi connectivity index (χ1) is 10.8. The van der Waals surface area contributed by atoms with E-state index < -0.39 is 0 Å². The highest BCUT2D eigenvalue weighted by Crippen LogP contribution is 2.27. The van der Waals surface area contributed by atoms with E-state index in [0.717, 1.165) is 58.9 Å². The van der Waals surface area contributed by atoms with Gasteiger partial charge in [-0.2, -0.15) is 0 Å². The lowest BCUT2D eigenvalue weighted by Crippen LogP contribution is -2.41. The molecule has 2 aliphatic rings. The highest BCUT2D eigenvalue weighted by molar-refractivity contribution is 5.76. The molecule has 2 aliphatic heterocycles. The minimum atomic E-state index is 0.151. The number of ether oxygens (including phenoxy) is 1. The quantitative estimate of drug-likeness (QED) is 0.848. The zero-order valence-corrected chi connectivity index (χ0v) is 13.1. The molecule has 5 heteroatoms. The van der Waals surface area contributed by atoms with Crippen LogP contribution in [0.15, 0.2) is 24.3 Å². The lowest BCUT2D eigenvalue weighted by atomic mass is 10.2. The molecular weight excluding hydrogens is 278 g/mol. The van der Waals surface area contributed by atoms with E-state index in [1.54, 1.807) is 0 Å². The predicted octanol–water partition coefficient (Wildman–Crippen LogP) is 0.888. The maximum Gasteiger partial charge on any atom is 0.221 e. The van der Waals surface area contributed by atoms with Crippen molar-refractivity contribution in [3.8, 4) is 0 Å². The summed E-state index contributed by atoms with van der Waals surface area (Å²) in [5.74, 6) is 0.151. The normalized spacial score (nSPS) is 18.3. The third-order valence-corrected chi connectivity index (χ3v) is 4.45. The monoisotopic (exact) mass is 303 g/mol. The van der Waals surface area contributed by atoms with E-state index in [-0.39, 0.29) is 5.91 Å². The molecule has 120 valence electrons. The predicted molar refractivity (Wildman–Crippen MR) is 87.2 cm³/mol. The van der Waals surface area contributed by atoms with E-state index in [2.05, 4.69) is 39.4 Å². The highest BCUT2D eigenvalue weighted by Gasteiger charge is 2.18. The number of fused-ring (bicyclic) bond motifs is 1. The molecule has 1 aromatic carbocycles. The number of nitrogens with zero attached hydrogens (tertiary/aromatic N) is 2. The zero-order chi connectivity index (χ0) is 15.2. The van der Waals surface area contributed by atoms with E-state index >= 15 is 0 Å². The van der Waals surface area contributed by atoms with Crippen molar-refractivity contribution < 1.29 is 9.53 Å². The summed E-state index contributed by atoms with van der Waals surface area (Å²) >= 11 is 0. The van der Waals surface area contributed by atoms with Crippen LogP contribution in [-0.2, 0) is 16.0 Å². The molecule has 0 aromatic heterocycles. The van der Waals surface area contributed by atoms with E-state index in [0.29, 0.717) is 6.42 Å². The van der Waals surface area contributed by atoms with E-state index in [1.165, 1.54) is 11.3 Å². The van der Waals surface area contributed by atoms with Crippen molar-refractivity contribution in [3.05, 3.63) is 29.8 Å². The number of benzene rings is 1. The Bertz CT molecular complexity index is 500. The lowest BCUT2D eigenvalue weighted by Gasteiger charge is -2.26. The summed E-state index contributed by atoms with van der Waals surface area (Å²) in [5.41, 5.74) is 2.69. The van der Waals surface area contributed by atoms with Crippen molar-refractivity contribution in [2.24, 2.45) is 0 Å². The number of morpholine rings is 1. The van der Waals surface area contributed by atoms with Gasteiger partial charge in [0.15, 0.2) is 0 Å². The molecule has 0 unspecified atom stereocenters. The summed E-state index contributed by atoms with van der Waals surface area (Å²) < 4.78 is 5.32. The van der Waals surface area contributed by atoms with Crippen LogP contribution in [0.2, 0.25) is 0 Å². The summed E-state index contributed by atoms with van der Waals surface area (Å²) in [6, 6.07) is 8.48. The van der Waals surface area contributed by atoms with Gasteiger partial charge < -0.3 is 15.0 Å². The molecule has 22 heavy (non-hydrogen) atoms. The number of amides is 1. The van der Waals surface area contributed by atoms with Gasteiger partial charge in [-0.25, -0.2) is 0 Å². The van der Waals surface area contributed by atoms with Gasteiger partial charge in [-0.1, -0.05) is 18.2 Å². The molecule has 1 aromatic rings. The van der Waals surface area contributed by atoms with Gasteiger partial charge in [0.05, 0.1) is 13.2 Å². The molecule has 1 N–H and O–H groups in total. The Labute approximate surface area is 132 Å². The maximum atomic E-state index is 12.0. The molecule has 0 atom stereocenters. The molecule has 1 saturated heterocycles. The number of nitrogens with one attached hydrogen (secondary N) is 1. The largest absolute Gasteiger partial charge is 0.379 e. The van der Waals surface area contributed by atoms with Gasteiger partial charge in [-0.15, -0.1) is 0 Å². The standard InChI is InChI=1S/C17H25N3O2/c21-17(18-7-10-19-11-13-22-14-12-19)6-9-20-8-5-15-3-1-2-4-16(15)20/h1-4H,5-14H2,(H,18,21). The Hall–Kier alpha value is -1.59. The van der Waals surface area contributed by atoms with Crippen LogP contribution < -0.4 is 10.2 Å². The minimum Gasteiger partial charge on any atom is -0.379 e. The molecule has 1 amide bonds. The summed E-state index contributed by atoms with van der Waals surface area (Å²) in [4.78, 5) is 16.6. The van der Waals surface area contributed by atoms with Gasteiger partial charge in [0.1, 0.15) is 0 Å².